The highest BCUT2D eigenvalue weighted by atomic mass is 35.5. The van der Waals surface area contributed by atoms with Crippen molar-refractivity contribution in [1.82, 2.24) is 0 Å². The number of anilines is 1. The fourth-order valence-corrected chi connectivity index (χ4v) is 3.74. The summed E-state index contributed by atoms with van der Waals surface area (Å²) in [6, 6.07) is 4.66. The predicted molar refractivity (Wildman–Crippen MR) is 73.9 cm³/mol. The summed E-state index contributed by atoms with van der Waals surface area (Å²) in [4.78, 5) is 13.0. The molecule has 1 aliphatic rings. The number of hydrogen-bond acceptors (Lipinski definition) is 4. The Morgan fingerprint density at radius 1 is 1.26 bits per heavy atom. The van der Waals surface area contributed by atoms with Crippen molar-refractivity contribution in [2.45, 2.75) is 6.42 Å². The summed E-state index contributed by atoms with van der Waals surface area (Å²) in [6.45, 7) is 0.760. The van der Waals surface area contributed by atoms with Crippen molar-refractivity contribution < 1.29 is 18.3 Å². The molecule has 104 valence electrons. The van der Waals surface area contributed by atoms with Crippen LogP contribution in [0.1, 0.15) is 16.8 Å². The van der Waals surface area contributed by atoms with E-state index in [1.165, 1.54) is 6.07 Å². The number of rotatable bonds is 2. The molecule has 0 saturated carbocycles. The fraction of sp³-hybridized carbons (Fsp3) is 0.417. The zero-order chi connectivity index (χ0) is 14.0. The highest BCUT2D eigenvalue weighted by molar-refractivity contribution is 7.91. The average Bonchev–Trinajstić information content (AvgIpc) is 2.50. The van der Waals surface area contributed by atoms with Crippen LogP contribution in [0.3, 0.4) is 0 Å². The third-order valence-electron chi connectivity index (χ3n) is 3.09. The Morgan fingerprint density at radius 2 is 2.00 bits per heavy atom. The summed E-state index contributed by atoms with van der Waals surface area (Å²) in [5, 5.41) is 9.52. The maximum atomic E-state index is 11.6. The first kappa shape index (κ1) is 14.1. The molecule has 1 fully saturated rings. The molecule has 7 heteroatoms. The van der Waals surface area contributed by atoms with Gasteiger partial charge in [0, 0.05) is 13.1 Å². The quantitative estimate of drug-likeness (QED) is 0.899. The molecular weight excluding hydrogens is 290 g/mol. The monoisotopic (exact) mass is 303 g/mol. The van der Waals surface area contributed by atoms with Gasteiger partial charge in [-0.05, 0) is 18.6 Å². The van der Waals surface area contributed by atoms with E-state index in [0.29, 0.717) is 23.7 Å². The Labute approximate surface area is 116 Å². The maximum absolute atomic E-state index is 11.6. The number of para-hydroxylation sites is 1. The van der Waals surface area contributed by atoms with E-state index < -0.39 is 15.8 Å². The topological polar surface area (TPSA) is 74.7 Å². The highest BCUT2D eigenvalue weighted by Crippen LogP contribution is 2.31. The van der Waals surface area contributed by atoms with E-state index in [1.54, 1.807) is 17.0 Å². The van der Waals surface area contributed by atoms with Gasteiger partial charge >= 0.3 is 5.97 Å². The van der Waals surface area contributed by atoms with Crippen molar-refractivity contribution in [3.8, 4) is 0 Å². The fourth-order valence-electron chi connectivity index (χ4n) is 2.17. The van der Waals surface area contributed by atoms with Crippen molar-refractivity contribution in [3.05, 3.63) is 28.8 Å². The van der Waals surface area contributed by atoms with Crippen LogP contribution < -0.4 is 4.90 Å². The first-order valence-corrected chi connectivity index (χ1v) is 8.08. The lowest BCUT2D eigenvalue weighted by molar-refractivity contribution is 0.0697. The average molecular weight is 304 g/mol. The van der Waals surface area contributed by atoms with E-state index in [9.17, 15) is 18.3 Å². The first-order valence-electron chi connectivity index (χ1n) is 5.88. The molecule has 19 heavy (non-hydrogen) atoms. The molecule has 1 aromatic rings. The molecule has 0 bridgehead atoms. The molecule has 0 atom stereocenters. The third-order valence-corrected chi connectivity index (χ3v) is 5.11. The van der Waals surface area contributed by atoms with E-state index in [0.717, 1.165) is 0 Å². The molecule has 0 radical (unpaired) electrons. The standard InChI is InChI=1S/C12H14ClNO4S/c13-10-4-1-3-9(12(15)16)11(10)14-5-2-7-19(17,18)8-6-14/h1,3-4H,2,5-8H2,(H,15,16). The summed E-state index contributed by atoms with van der Waals surface area (Å²) in [6.07, 6.45) is 0.479. The normalized spacial score (nSPS) is 18.9. The molecule has 1 aliphatic heterocycles. The maximum Gasteiger partial charge on any atom is 0.337 e. The van der Waals surface area contributed by atoms with Gasteiger partial charge in [-0.2, -0.15) is 0 Å². The zero-order valence-electron chi connectivity index (χ0n) is 10.2. The van der Waals surface area contributed by atoms with Crippen LogP contribution in [0.2, 0.25) is 5.02 Å². The molecule has 1 N–H and O–H groups in total. The largest absolute Gasteiger partial charge is 0.478 e. The lowest BCUT2D eigenvalue weighted by Crippen LogP contribution is -2.28. The second-order valence-electron chi connectivity index (χ2n) is 4.43. The van der Waals surface area contributed by atoms with Crippen LogP contribution >= 0.6 is 11.6 Å². The van der Waals surface area contributed by atoms with Gasteiger partial charge in [0.05, 0.1) is 27.8 Å². The van der Waals surface area contributed by atoms with E-state index in [1.807, 2.05) is 0 Å². The van der Waals surface area contributed by atoms with Crippen LogP contribution in [-0.2, 0) is 9.84 Å². The van der Waals surface area contributed by atoms with Gasteiger partial charge in [-0.3, -0.25) is 0 Å². The van der Waals surface area contributed by atoms with Crippen LogP contribution in [0.5, 0.6) is 0 Å². The van der Waals surface area contributed by atoms with Crippen LogP contribution in [0.25, 0.3) is 0 Å². The summed E-state index contributed by atoms with van der Waals surface area (Å²) in [7, 11) is -3.04. The minimum Gasteiger partial charge on any atom is -0.478 e. The van der Waals surface area contributed by atoms with Crippen LogP contribution in [0, 0.1) is 0 Å². The molecule has 1 aromatic carbocycles. The summed E-state index contributed by atoms with van der Waals surface area (Å²) in [5.41, 5.74) is 0.514. The number of hydrogen-bond donors (Lipinski definition) is 1. The van der Waals surface area contributed by atoms with Crippen LogP contribution in [-0.4, -0.2) is 44.1 Å². The minimum absolute atomic E-state index is 0.0251. The number of sulfone groups is 1. The Kier molecular flexibility index (Phi) is 4.01. The van der Waals surface area contributed by atoms with Crippen molar-refractivity contribution in [2.75, 3.05) is 29.5 Å². The van der Waals surface area contributed by atoms with Gasteiger partial charge < -0.3 is 10.0 Å². The SMILES string of the molecule is O=C(O)c1cccc(Cl)c1N1CCCS(=O)(=O)CC1. The van der Waals surface area contributed by atoms with Gasteiger partial charge in [0.15, 0.2) is 9.84 Å². The Morgan fingerprint density at radius 3 is 2.68 bits per heavy atom. The van der Waals surface area contributed by atoms with Crippen molar-refractivity contribution >= 4 is 33.1 Å². The van der Waals surface area contributed by atoms with E-state index >= 15 is 0 Å². The number of nitrogens with zero attached hydrogens (tertiary/aromatic N) is 1. The zero-order valence-corrected chi connectivity index (χ0v) is 11.7. The summed E-state index contributed by atoms with van der Waals surface area (Å²) < 4.78 is 23.2. The Bertz CT molecular complexity index is 600. The summed E-state index contributed by atoms with van der Waals surface area (Å²) >= 11 is 6.08. The van der Waals surface area contributed by atoms with E-state index in [2.05, 4.69) is 0 Å². The molecule has 1 heterocycles. The van der Waals surface area contributed by atoms with Gasteiger partial charge in [-0.25, -0.2) is 13.2 Å². The number of carboxylic acids is 1. The number of aromatic carboxylic acids is 1. The molecule has 1 saturated heterocycles. The number of halogens is 1. The third kappa shape index (κ3) is 3.19. The molecule has 0 unspecified atom stereocenters. The number of benzene rings is 1. The molecule has 0 spiro atoms. The lowest BCUT2D eigenvalue weighted by atomic mass is 10.1. The molecule has 0 amide bonds. The predicted octanol–water partition coefficient (Wildman–Crippen LogP) is 1.66. The van der Waals surface area contributed by atoms with Crippen molar-refractivity contribution in [3.63, 3.8) is 0 Å². The number of carbonyl (C=O) groups is 1. The van der Waals surface area contributed by atoms with Gasteiger partial charge in [0.25, 0.3) is 0 Å². The minimum atomic E-state index is -3.04. The molecule has 2 rings (SSSR count). The summed E-state index contributed by atoms with van der Waals surface area (Å²) in [5.74, 6) is -0.905. The van der Waals surface area contributed by atoms with E-state index in [4.69, 9.17) is 11.6 Å². The second kappa shape index (κ2) is 5.38. The lowest BCUT2D eigenvalue weighted by Gasteiger charge is -2.24. The highest BCUT2D eigenvalue weighted by Gasteiger charge is 2.24. The van der Waals surface area contributed by atoms with Crippen molar-refractivity contribution in [1.29, 1.82) is 0 Å². The van der Waals surface area contributed by atoms with Gasteiger partial charge in [0.2, 0.25) is 0 Å². The van der Waals surface area contributed by atoms with Crippen LogP contribution in [0.15, 0.2) is 18.2 Å². The Hall–Kier alpha value is -1.27. The van der Waals surface area contributed by atoms with Crippen LogP contribution in [0.4, 0.5) is 5.69 Å². The van der Waals surface area contributed by atoms with Gasteiger partial charge in [-0.15, -0.1) is 0 Å². The smallest absolute Gasteiger partial charge is 0.337 e. The van der Waals surface area contributed by atoms with Gasteiger partial charge in [0.1, 0.15) is 0 Å². The van der Waals surface area contributed by atoms with E-state index in [-0.39, 0.29) is 23.6 Å². The first-order chi connectivity index (χ1) is 8.91. The van der Waals surface area contributed by atoms with Crippen molar-refractivity contribution in [2.24, 2.45) is 0 Å². The second-order valence-corrected chi connectivity index (χ2v) is 7.14. The van der Waals surface area contributed by atoms with Gasteiger partial charge in [-0.1, -0.05) is 17.7 Å². The molecular formula is C12H14ClNO4S. The molecule has 5 nitrogen and oxygen atoms in total. The number of carboxylic acid groups (broad SMARTS) is 1. The Balaban J connectivity index is 2.39. The molecule has 0 aromatic heterocycles. The molecule has 0 aliphatic carbocycles.